The summed E-state index contributed by atoms with van der Waals surface area (Å²) in [6.45, 7) is 13.9. The van der Waals surface area contributed by atoms with E-state index in [1.54, 1.807) is 0 Å². The second-order valence-corrected chi connectivity index (χ2v) is 11.9. The van der Waals surface area contributed by atoms with Gasteiger partial charge in [0, 0.05) is 21.0 Å². The Balaban J connectivity index is 3.88. The smallest absolute Gasteiger partial charge is 0.0721 e. The third-order valence-corrected chi connectivity index (χ3v) is 7.67. The van der Waals surface area contributed by atoms with Gasteiger partial charge in [-0.2, -0.15) is 23.5 Å². The standard InChI is InChI=1S/C21H44OS2/c1-7-9-11-13-15-20(3,4)23-17-19(22)18-24-21(5,6)16-14-12-10-8-2/h19,22H,7-18H2,1-6H3. The number of hydrogen-bond donors (Lipinski definition) is 1. The lowest BCUT2D eigenvalue weighted by Gasteiger charge is -2.28. The van der Waals surface area contributed by atoms with Crippen LogP contribution in [-0.4, -0.2) is 32.2 Å². The first-order valence-electron chi connectivity index (χ1n) is 10.2. The maximum atomic E-state index is 10.4. The molecule has 0 unspecified atom stereocenters. The molecular weight excluding hydrogens is 332 g/mol. The topological polar surface area (TPSA) is 20.2 Å². The largest absolute Gasteiger partial charge is 0.391 e. The third-order valence-electron chi connectivity index (χ3n) is 4.60. The molecule has 0 amide bonds. The molecule has 0 heterocycles. The van der Waals surface area contributed by atoms with Crippen molar-refractivity contribution in [2.75, 3.05) is 11.5 Å². The van der Waals surface area contributed by atoms with Crippen LogP contribution < -0.4 is 0 Å². The molecule has 0 aromatic carbocycles. The van der Waals surface area contributed by atoms with Crippen molar-refractivity contribution in [1.29, 1.82) is 0 Å². The Morgan fingerprint density at radius 3 is 1.38 bits per heavy atom. The van der Waals surface area contributed by atoms with Crippen LogP contribution in [0.4, 0.5) is 0 Å². The summed E-state index contributed by atoms with van der Waals surface area (Å²) in [6, 6.07) is 0. The molecule has 0 aliphatic heterocycles. The van der Waals surface area contributed by atoms with Gasteiger partial charge in [-0.25, -0.2) is 0 Å². The summed E-state index contributed by atoms with van der Waals surface area (Å²) < 4.78 is 0.601. The van der Waals surface area contributed by atoms with Gasteiger partial charge in [-0.3, -0.25) is 0 Å². The molecule has 0 rings (SSSR count). The third kappa shape index (κ3) is 15.0. The Labute approximate surface area is 161 Å². The first-order chi connectivity index (χ1) is 11.2. The summed E-state index contributed by atoms with van der Waals surface area (Å²) in [4.78, 5) is 0. The number of rotatable bonds is 16. The van der Waals surface area contributed by atoms with Crippen LogP contribution in [0.15, 0.2) is 0 Å². The van der Waals surface area contributed by atoms with Crippen LogP contribution >= 0.6 is 23.5 Å². The average Bonchev–Trinajstić information content (AvgIpc) is 2.52. The van der Waals surface area contributed by atoms with E-state index in [9.17, 15) is 5.11 Å². The van der Waals surface area contributed by atoms with E-state index >= 15 is 0 Å². The van der Waals surface area contributed by atoms with Crippen LogP contribution in [0.1, 0.15) is 106 Å². The Hall–Kier alpha value is 0.660. The fourth-order valence-electron chi connectivity index (χ4n) is 2.79. The van der Waals surface area contributed by atoms with Crippen molar-refractivity contribution < 1.29 is 5.11 Å². The fourth-order valence-corrected chi connectivity index (χ4v) is 5.04. The first-order valence-corrected chi connectivity index (χ1v) is 12.2. The molecule has 0 aromatic rings. The van der Waals surface area contributed by atoms with E-state index in [2.05, 4.69) is 41.5 Å². The molecule has 1 nitrogen and oxygen atoms in total. The Kier molecular flexibility index (Phi) is 14.2. The van der Waals surface area contributed by atoms with Crippen molar-refractivity contribution in [2.45, 2.75) is 121 Å². The Bertz CT molecular complexity index is 262. The second kappa shape index (κ2) is 13.8. The van der Waals surface area contributed by atoms with Gasteiger partial charge in [0.25, 0.3) is 0 Å². The molecule has 1 N–H and O–H groups in total. The number of thioether (sulfide) groups is 2. The SMILES string of the molecule is CCCCCCC(C)(C)SCC(O)CSC(C)(C)CCCCCC. The van der Waals surface area contributed by atoms with Crippen LogP contribution in [0.25, 0.3) is 0 Å². The quantitative estimate of drug-likeness (QED) is 0.285. The summed E-state index contributed by atoms with van der Waals surface area (Å²) in [5.74, 6) is 1.75. The molecule has 146 valence electrons. The van der Waals surface area contributed by atoms with E-state index < -0.39 is 0 Å². The predicted molar refractivity (Wildman–Crippen MR) is 117 cm³/mol. The normalized spacial score (nSPS) is 13.0. The van der Waals surface area contributed by atoms with Gasteiger partial charge in [-0.15, -0.1) is 0 Å². The molecule has 0 saturated carbocycles. The van der Waals surface area contributed by atoms with Gasteiger partial charge in [-0.1, -0.05) is 92.9 Å². The van der Waals surface area contributed by atoms with E-state index in [4.69, 9.17) is 0 Å². The van der Waals surface area contributed by atoms with E-state index in [0.29, 0.717) is 9.49 Å². The van der Waals surface area contributed by atoms with Gasteiger partial charge >= 0.3 is 0 Å². The average molecular weight is 377 g/mol. The van der Waals surface area contributed by atoms with E-state index in [0.717, 1.165) is 11.5 Å². The van der Waals surface area contributed by atoms with Crippen LogP contribution in [0.5, 0.6) is 0 Å². The fraction of sp³-hybridized carbons (Fsp3) is 1.00. The molecule has 0 spiro atoms. The number of aliphatic hydroxyl groups is 1. The van der Waals surface area contributed by atoms with E-state index in [-0.39, 0.29) is 6.10 Å². The molecule has 0 atom stereocenters. The van der Waals surface area contributed by atoms with Crippen molar-refractivity contribution in [1.82, 2.24) is 0 Å². The van der Waals surface area contributed by atoms with Crippen molar-refractivity contribution in [3.8, 4) is 0 Å². The summed E-state index contributed by atoms with van der Waals surface area (Å²) in [6.07, 6.45) is 13.0. The number of aliphatic hydroxyl groups excluding tert-OH is 1. The molecule has 0 saturated heterocycles. The highest BCUT2D eigenvalue weighted by Crippen LogP contribution is 2.34. The highest BCUT2D eigenvalue weighted by atomic mass is 32.2. The highest BCUT2D eigenvalue weighted by Gasteiger charge is 2.22. The van der Waals surface area contributed by atoms with Gasteiger partial charge in [-0.05, 0) is 12.8 Å². The van der Waals surface area contributed by atoms with Crippen LogP contribution in [0, 0.1) is 0 Å². The minimum Gasteiger partial charge on any atom is -0.391 e. The van der Waals surface area contributed by atoms with Gasteiger partial charge in [0.15, 0.2) is 0 Å². The maximum absolute atomic E-state index is 10.4. The minimum absolute atomic E-state index is 0.176. The zero-order chi connectivity index (χ0) is 18.5. The molecule has 0 aliphatic rings. The van der Waals surface area contributed by atoms with Crippen molar-refractivity contribution in [3.05, 3.63) is 0 Å². The summed E-state index contributed by atoms with van der Waals surface area (Å²) in [5.41, 5.74) is 0. The highest BCUT2D eigenvalue weighted by molar-refractivity contribution is 8.01. The van der Waals surface area contributed by atoms with Crippen molar-refractivity contribution >= 4 is 23.5 Å². The molecule has 0 bridgehead atoms. The monoisotopic (exact) mass is 376 g/mol. The molecule has 24 heavy (non-hydrogen) atoms. The first kappa shape index (κ1) is 24.7. The lowest BCUT2D eigenvalue weighted by atomic mass is 10.0. The molecule has 0 aromatic heterocycles. The number of hydrogen-bond acceptors (Lipinski definition) is 3. The Morgan fingerprint density at radius 1 is 0.667 bits per heavy atom. The zero-order valence-electron chi connectivity index (χ0n) is 17.3. The van der Waals surface area contributed by atoms with Crippen LogP contribution in [0.2, 0.25) is 0 Å². The minimum atomic E-state index is -0.176. The van der Waals surface area contributed by atoms with Crippen molar-refractivity contribution in [3.63, 3.8) is 0 Å². The molecule has 0 aliphatic carbocycles. The second-order valence-electron chi connectivity index (χ2n) is 8.42. The predicted octanol–water partition coefficient (Wildman–Crippen LogP) is 7.31. The van der Waals surface area contributed by atoms with Gasteiger partial charge < -0.3 is 5.11 Å². The molecular formula is C21H44OS2. The van der Waals surface area contributed by atoms with Crippen LogP contribution in [-0.2, 0) is 0 Å². The summed E-state index contributed by atoms with van der Waals surface area (Å²) >= 11 is 3.91. The Morgan fingerprint density at radius 2 is 1.04 bits per heavy atom. The van der Waals surface area contributed by atoms with Crippen LogP contribution in [0.3, 0.4) is 0 Å². The number of unbranched alkanes of at least 4 members (excludes halogenated alkanes) is 6. The van der Waals surface area contributed by atoms with Gasteiger partial charge in [0.1, 0.15) is 0 Å². The lowest BCUT2D eigenvalue weighted by molar-refractivity contribution is 0.224. The van der Waals surface area contributed by atoms with Gasteiger partial charge in [0.05, 0.1) is 6.10 Å². The lowest BCUT2D eigenvalue weighted by Crippen LogP contribution is -2.24. The van der Waals surface area contributed by atoms with E-state index in [1.165, 1.54) is 64.2 Å². The van der Waals surface area contributed by atoms with Gasteiger partial charge in [0.2, 0.25) is 0 Å². The molecule has 0 fully saturated rings. The van der Waals surface area contributed by atoms with Crippen molar-refractivity contribution in [2.24, 2.45) is 0 Å². The zero-order valence-corrected chi connectivity index (χ0v) is 19.0. The maximum Gasteiger partial charge on any atom is 0.0721 e. The summed E-state index contributed by atoms with van der Waals surface area (Å²) in [7, 11) is 0. The molecule has 0 radical (unpaired) electrons. The molecule has 3 heteroatoms. The summed E-state index contributed by atoms with van der Waals surface area (Å²) in [5, 5.41) is 10.4. The van der Waals surface area contributed by atoms with E-state index in [1.807, 2.05) is 23.5 Å².